The number of alkyl halides is 1. The first-order valence-electron chi connectivity index (χ1n) is 19.0. The molecule has 12 nitrogen and oxygen atoms in total. The summed E-state index contributed by atoms with van der Waals surface area (Å²) >= 11 is 0. The molecular formula is C43H39F3N8O4. The van der Waals surface area contributed by atoms with E-state index in [0.29, 0.717) is 65.9 Å². The number of H-pyrrole nitrogens is 1. The summed E-state index contributed by atoms with van der Waals surface area (Å²) in [6.45, 7) is 3.12. The van der Waals surface area contributed by atoms with Gasteiger partial charge in [0.2, 0.25) is 11.8 Å². The molecule has 0 bridgehead atoms. The number of carbonyl (C=O) groups excluding carboxylic acids is 4. The Morgan fingerprint density at radius 1 is 0.914 bits per heavy atom. The first-order chi connectivity index (χ1) is 28.1. The number of nitrogens with one attached hydrogen (secondary N) is 4. The second kappa shape index (κ2) is 16.4. The number of anilines is 3. The Labute approximate surface area is 331 Å². The predicted octanol–water partition coefficient (Wildman–Crippen LogP) is 5.00. The average molecular weight is 789 g/mol. The van der Waals surface area contributed by atoms with Crippen molar-refractivity contribution in [3.05, 3.63) is 118 Å². The smallest absolute Gasteiger partial charge is 0.258 e. The number of rotatable bonds is 10. The highest BCUT2D eigenvalue weighted by molar-refractivity contribution is 6.11. The van der Waals surface area contributed by atoms with E-state index in [-0.39, 0.29) is 37.0 Å². The Bertz CT molecular complexity index is 2480. The highest BCUT2D eigenvalue weighted by atomic mass is 19.1. The largest absolute Gasteiger partial charge is 0.382 e. The van der Waals surface area contributed by atoms with Gasteiger partial charge in [0, 0.05) is 79.6 Å². The minimum Gasteiger partial charge on any atom is -0.382 e. The van der Waals surface area contributed by atoms with Gasteiger partial charge in [-0.15, -0.1) is 0 Å². The van der Waals surface area contributed by atoms with Gasteiger partial charge in [0.15, 0.2) is 5.82 Å². The van der Waals surface area contributed by atoms with Crippen LogP contribution < -0.4 is 20.9 Å². The Balaban J connectivity index is 0.883. The normalized spacial score (nSPS) is 16.9. The highest BCUT2D eigenvalue weighted by Gasteiger charge is 2.39. The van der Waals surface area contributed by atoms with Gasteiger partial charge in [0.1, 0.15) is 24.4 Å². The molecule has 0 radical (unpaired) electrons. The van der Waals surface area contributed by atoms with Crippen LogP contribution in [-0.2, 0) is 22.6 Å². The van der Waals surface area contributed by atoms with E-state index in [0.717, 1.165) is 41.5 Å². The minimum absolute atomic E-state index is 0.0180. The van der Waals surface area contributed by atoms with E-state index in [9.17, 15) is 32.3 Å². The van der Waals surface area contributed by atoms with Crippen molar-refractivity contribution in [3.63, 3.8) is 0 Å². The van der Waals surface area contributed by atoms with E-state index in [2.05, 4.69) is 47.8 Å². The number of aromatic nitrogens is 2. The maximum atomic E-state index is 13.8. The fourth-order valence-electron chi connectivity index (χ4n) is 7.71. The van der Waals surface area contributed by atoms with Gasteiger partial charge >= 0.3 is 0 Å². The molecule has 1 atom stereocenters. The van der Waals surface area contributed by atoms with Gasteiger partial charge in [0.25, 0.3) is 11.8 Å². The molecular weight excluding hydrogens is 750 g/mol. The van der Waals surface area contributed by atoms with E-state index in [1.807, 2.05) is 36.4 Å². The number of piperidine rings is 1. The van der Waals surface area contributed by atoms with Crippen LogP contribution in [0.3, 0.4) is 0 Å². The molecule has 3 aliphatic rings. The zero-order valence-corrected chi connectivity index (χ0v) is 31.3. The summed E-state index contributed by atoms with van der Waals surface area (Å²) in [5, 5.41) is 16.1. The third-order valence-corrected chi connectivity index (χ3v) is 10.6. The number of imide groups is 1. The molecule has 8 rings (SSSR count). The van der Waals surface area contributed by atoms with Crippen LogP contribution in [-0.4, -0.2) is 95.6 Å². The molecule has 58 heavy (non-hydrogen) atoms. The second-order valence-corrected chi connectivity index (χ2v) is 14.5. The van der Waals surface area contributed by atoms with Gasteiger partial charge in [-0.1, -0.05) is 17.9 Å². The molecule has 4 amide bonds. The lowest BCUT2D eigenvalue weighted by Gasteiger charge is -2.35. The summed E-state index contributed by atoms with van der Waals surface area (Å²) < 4.78 is 40.9. The van der Waals surface area contributed by atoms with Crippen molar-refractivity contribution in [1.29, 1.82) is 0 Å². The first-order valence-corrected chi connectivity index (χ1v) is 19.0. The fourth-order valence-corrected chi connectivity index (χ4v) is 7.71. The molecule has 2 saturated heterocycles. The summed E-state index contributed by atoms with van der Waals surface area (Å²) in [7, 11) is 0. The second-order valence-electron chi connectivity index (χ2n) is 14.5. The maximum Gasteiger partial charge on any atom is 0.258 e. The Hall–Kier alpha value is -6.66. The molecule has 2 fully saturated rings. The van der Waals surface area contributed by atoms with Gasteiger partial charge in [0.05, 0.1) is 17.6 Å². The summed E-state index contributed by atoms with van der Waals surface area (Å²) in [5.41, 5.74) is 5.71. The maximum absolute atomic E-state index is 13.8. The van der Waals surface area contributed by atoms with Gasteiger partial charge in [-0.05, 0) is 90.2 Å². The number of hydrogen-bond donors (Lipinski definition) is 4. The van der Waals surface area contributed by atoms with Crippen LogP contribution in [0.2, 0.25) is 0 Å². The number of hydrogen-bond acceptors (Lipinski definition) is 8. The summed E-state index contributed by atoms with van der Waals surface area (Å²) in [5.74, 6) is 4.01. The molecule has 0 aliphatic carbocycles. The molecule has 0 saturated carbocycles. The van der Waals surface area contributed by atoms with E-state index >= 15 is 0 Å². The number of benzene rings is 4. The molecule has 15 heteroatoms. The van der Waals surface area contributed by atoms with E-state index in [4.69, 9.17) is 0 Å². The molecule has 4 aromatic carbocycles. The lowest BCUT2D eigenvalue weighted by molar-refractivity contribution is -0.136. The SMILES string of the molecule is O=C1CCC(N2Cc3cc(C#CCN4CCN(c5ccc(C(=O)Nc6n[nH]c7ccc(Cc8cc(F)cc(F)c8)cc67)c(NCCF)c5)CC4)ccc3C2=O)C(=O)N1. The van der Waals surface area contributed by atoms with Crippen molar-refractivity contribution in [2.75, 3.05) is 61.5 Å². The first kappa shape index (κ1) is 38.2. The molecule has 296 valence electrons. The van der Waals surface area contributed by atoms with Crippen LogP contribution in [0.1, 0.15) is 55.8 Å². The van der Waals surface area contributed by atoms with Crippen LogP contribution in [0.4, 0.5) is 30.4 Å². The predicted molar refractivity (Wildman–Crippen MR) is 212 cm³/mol. The van der Waals surface area contributed by atoms with Gasteiger partial charge in [-0.3, -0.25) is 34.5 Å². The summed E-state index contributed by atoms with van der Waals surface area (Å²) in [4.78, 5) is 56.6. The lowest BCUT2D eigenvalue weighted by atomic mass is 10.0. The van der Waals surface area contributed by atoms with E-state index < -0.39 is 36.2 Å². The van der Waals surface area contributed by atoms with Crippen molar-refractivity contribution in [2.45, 2.75) is 31.8 Å². The minimum atomic E-state index is -0.665. The van der Waals surface area contributed by atoms with Gasteiger partial charge in [-0.25, -0.2) is 13.2 Å². The quantitative estimate of drug-likeness (QED) is 0.115. The summed E-state index contributed by atoms with van der Waals surface area (Å²) in [6.07, 6.45) is 0.789. The average Bonchev–Trinajstić information content (AvgIpc) is 3.75. The standard InChI is InChI=1S/C43H39F3N8O4/c44-11-12-47-37-24-32(5-7-34(37)41(56)49-40-35-22-27(4-8-36(35)50-51-40)18-28-20-30(45)23-31(46)21-28)53-16-14-52(15-17-53)13-1-2-26-3-6-33-29(19-26)25-54(43(33)58)38-9-10-39(55)48-42(38)57/h3-8,19-24,38,47H,9-18,25H2,(H,48,55,57)(H2,49,50,51,56). The molecule has 1 aromatic heterocycles. The number of amides is 4. The van der Waals surface area contributed by atoms with Crippen LogP contribution in [0.5, 0.6) is 0 Å². The van der Waals surface area contributed by atoms with Crippen molar-refractivity contribution >= 4 is 51.7 Å². The monoisotopic (exact) mass is 788 g/mol. The van der Waals surface area contributed by atoms with E-state index in [1.165, 1.54) is 17.0 Å². The van der Waals surface area contributed by atoms with Crippen LogP contribution >= 0.6 is 0 Å². The number of halogens is 3. The van der Waals surface area contributed by atoms with Crippen molar-refractivity contribution in [2.24, 2.45) is 0 Å². The highest BCUT2D eigenvalue weighted by Crippen LogP contribution is 2.30. The Morgan fingerprint density at radius 2 is 1.72 bits per heavy atom. The molecule has 3 aliphatic heterocycles. The molecule has 1 unspecified atom stereocenters. The molecule has 5 aromatic rings. The lowest BCUT2D eigenvalue weighted by Crippen LogP contribution is -2.52. The number of nitrogens with zero attached hydrogens (tertiary/aromatic N) is 4. The van der Waals surface area contributed by atoms with Crippen molar-refractivity contribution in [3.8, 4) is 11.8 Å². The number of aromatic amines is 1. The molecule has 0 spiro atoms. The number of carbonyl (C=O) groups is 4. The molecule has 4 heterocycles. The van der Waals surface area contributed by atoms with Crippen molar-refractivity contribution < 1.29 is 32.3 Å². The zero-order chi connectivity index (χ0) is 40.3. The van der Waals surface area contributed by atoms with E-state index in [1.54, 1.807) is 18.2 Å². The third kappa shape index (κ3) is 8.23. The number of piperazine rings is 1. The van der Waals surface area contributed by atoms with Crippen molar-refractivity contribution in [1.82, 2.24) is 25.3 Å². The summed E-state index contributed by atoms with van der Waals surface area (Å²) in [6, 6.07) is 19.0. The fraction of sp³-hybridized carbons (Fsp3) is 0.279. The van der Waals surface area contributed by atoms with Crippen LogP contribution in [0, 0.1) is 23.5 Å². The Morgan fingerprint density at radius 3 is 2.50 bits per heavy atom. The van der Waals surface area contributed by atoms with Crippen LogP contribution in [0.25, 0.3) is 10.9 Å². The van der Waals surface area contributed by atoms with Crippen LogP contribution in [0.15, 0.2) is 72.8 Å². The van der Waals surface area contributed by atoms with Gasteiger partial charge < -0.3 is 20.4 Å². The molecule has 4 N–H and O–H groups in total. The topological polar surface area (TPSA) is 143 Å². The number of fused-ring (bicyclic) bond motifs is 2. The van der Waals surface area contributed by atoms with Gasteiger partial charge in [-0.2, -0.15) is 5.10 Å². The third-order valence-electron chi connectivity index (χ3n) is 10.6. The Kier molecular flexibility index (Phi) is 10.8. The zero-order valence-electron chi connectivity index (χ0n) is 31.3.